The van der Waals surface area contributed by atoms with E-state index in [0.717, 1.165) is 21.5 Å². The molecule has 0 aliphatic heterocycles. The molecule has 8 rings (SSSR count). The molecule has 7 aromatic carbocycles. The van der Waals surface area contributed by atoms with E-state index in [9.17, 15) is 0 Å². The third kappa shape index (κ3) is 3.75. The molecule has 0 spiro atoms. The average molecular weight is 571 g/mol. The first-order valence-electron chi connectivity index (χ1n) is 14.9. The van der Waals surface area contributed by atoms with Crippen molar-refractivity contribution in [1.29, 1.82) is 0 Å². The van der Waals surface area contributed by atoms with Crippen molar-refractivity contribution in [3.8, 4) is 22.3 Å². The lowest BCUT2D eigenvalue weighted by Crippen LogP contribution is -2.25. The molecule has 0 radical (unpaired) electrons. The highest BCUT2D eigenvalue weighted by atomic mass is 31.2. The number of fused-ring (bicyclic) bond motifs is 4. The summed E-state index contributed by atoms with van der Waals surface area (Å²) < 4.78 is 15.3. The molecule has 0 saturated carbocycles. The molecule has 1 aliphatic carbocycles. The smallest absolute Gasteiger partial charge is 0.171 e. The van der Waals surface area contributed by atoms with Gasteiger partial charge in [-0.05, 0) is 61.0 Å². The molecule has 0 amide bonds. The summed E-state index contributed by atoms with van der Waals surface area (Å²) in [6.07, 6.45) is 0. The van der Waals surface area contributed by atoms with Crippen LogP contribution in [0.3, 0.4) is 0 Å². The van der Waals surface area contributed by atoms with Crippen molar-refractivity contribution in [2.24, 2.45) is 0 Å². The third-order valence-electron chi connectivity index (χ3n) is 9.33. The second kappa shape index (κ2) is 9.66. The topological polar surface area (TPSA) is 17.1 Å². The molecular formula is C41H31OP. The van der Waals surface area contributed by atoms with Crippen LogP contribution in [0.4, 0.5) is 0 Å². The standard InChI is InChI=1S/C41H31OP/c1-41(2)36-25-12-11-23-34(36)39-33-22-10-9-21-32(33)38(35-24-14-26-37(41)40(35)39)28-15-13-20-31(27-28)43(42,29-16-5-3-6-17-29)30-18-7-4-8-19-30/h3-27H,1-2H3. The minimum atomic E-state index is -3.12. The van der Waals surface area contributed by atoms with Crippen molar-refractivity contribution in [3.05, 3.63) is 163 Å². The third-order valence-corrected chi connectivity index (χ3v) is 12.4. The molecule has 0 aromatic heterocycles. The maximum atomic E-state index is 15.3. The van der Waals surface area contributed by atoms with Crippen LogP contribution in [0, 0.1) is 0 Å². The number of hydrogen-bond donors (Lipinski definition) is 0. The molecule has 0 saturated heterocycles. The van der Waals surface area contributed by atoms with Gasteiger partial charge in [0.15, 0.2) is 7.14 Å². The van der Waals surface area contributed by atoms with Gasteiger partial charge in [-0.15, -0.1) is 0 Å². The van der Waals surface area contributed by atoms with E-state index in [1.807, 2.05) is 66.7 Å². The van der Waals surface area contributed by atoms with Crippen LogP contribution in [0.5, 0.6) is 0 Å². The molecule has 0 bridgehead atoms. The van der Waals surface area contributed by atoms with E-state index >= 15 is 4.57 Å². The first kappa shape index (κ1) is 26.0. The Bertz CT molecular complexity index is 2190. The van der Waals surface area contributed by atoms with Crippen LogP contribution in [-0.2, 0) is 9.98 Å². The van der Waals surface area contributed by atoms with Gasteiger partial charge in [0.2, 0.25) is 0 Å². The van der Waals surface area contributed by atoms with Gasteiger partial charge in [0.1, 0.15) is 0 Å². The molecule has 1 aliphatic rings. The lowest BCUT2D eigenvalue weighted by Gasteiger charge is -2.36. The first-order chi connectivity index (χ1) is 21.0. The van der Waals surface area contributed by atoms with Gasteiger partial charge in [-0.3, -0.25) is 0 Å². The molecule has 0 fully saturated rings. The second-order valence-electron chi connectivity index (χ2n) is 12.0. The van der Waals surface area contributed by atoms with Crippen LogP contribution >= 0.6 is 7.14 Å². The number of benzene rings is 7. The van der Waals surface area contributed by atoms with E-state index in [1.54, 1.807) is 0 Å². The van der Waals surface area contributed by atoms with Crippen molar-refractivity contribution in [2.75, 3.05) is 0 Å². The van der Waals surface area contributed by atoms with Gasteiger partial charge >= 0.3 is 0 Å². The predicted molar refractivity (Wildman–Crippen MR) is 184 cm³/mol. The zero-order valence-corrected chi connectivity index (χ0v) is 25.2. The fourth-order valence-electron chi connectivity index (χ4n) is 7.31. The fraction of sp³-hybridized carbons (Fsp3) is 0.0732. The second-order valence-corrected chi connectivity index (χ2v) is 14.8. The molecule has 1 nitrogen and oxygen atoms in total. The highest BCUT2D eigenvalue weighted by Crippen LogP contribution is 2.53. The highest BCUT2D eigenvalue weighted by Gasteiger charge is 2.35. The van der Waals surface area contributed by atoms with Gasteiger partial charge in [-0.25, -0.2) is 0 Å². The maximum absolute atomic E-state index is 15.3. The van der Waals surface area contributed by atoms with E-state index in [4.69, 9.17) is 0 Å². The van der Waals surface area contributed by atoms with Crippen LogP contribution < -0.4 is 15.9 Å². The van der Waals surface area contributed by atoms with E-state index in [-0.39, 0.29) is 5.41 Å². The van der Waals surface area contributed by atoms with Crippen molar-refractivity contribution >= 4 is 44.6 Å². The van der Waals surface area contributed by atoms with Gasteiger partial charge in [0.25, 0.3) is 0 Å². The van der Waals surface area contributed by atoms with E-state index < -0.39 is 7.14 Å². The maximum Gasteiger partial charge on any atom is 0.171 e. The summed E-state index contributed by atoms with van der Waals surface area (Å²) in [5.41, 5.74) is 7.48. The molecular weight excluding hydrogens is 539 g/mol. The van der Waals surface area contributed by atoms with E-state index in [0.29, 0.717) is 0 Å². The lowest BCUT2D eigenvalue weighted by atomic mass is 9.67. The number of hydrogen-bond acceptors (Lipinski definition) is 1. The Labute approximate surface area is 252 Å². The van der Waals surface area contributed by atoms with Crippen molar-refractivity contribution in [1.82, 2.24) is 0 Å². The SMILES string of the molecule is CC1(C)c2ccccc2-c2c3ccccc3c(-c3cccc(P(=O)(c4ccccc4)c4ccccc4)c3)c3cccc1c23. The molecule has 2 heteroatoms. The zero-order valence-electron chi connectivity index (χ0n) is 24.3. The van der Waals surface area contributed by atoms with Crippen molar-refractivity contribution in [2.45, 2.75) is 19.3 Å². The van der Waals surface area contributed by atoms with Gasteiger partial charge < -0.3 is 4.57 Å². The summed E-state index contributed by atoms with van der Waals surface area (Å²) in [6.45, 7) is 4.68. The minimum Gasteiger partial charge on any atom is -0.309 e. The van der Waals surface area contributed by atoms with Crippen LogP contribution in [0.1, 0.15) is 25.0 Å². The monoisotopic (exact) mass is 570 g/mol. The van der Waals surface area contributed by atoms with Crippen LogP contribution in [0.2, 0.25) is 0 Å². The minimum absolute atomic E-state index is 0.138. The Balaban J connectivity index is 1.47. The fourth-order valence-corrected chi connectivity index (χ4v) is 10.0. The molecule has 0 N–H and O–H groups in total. The van der Waals surface area contributed by atoms with Gasteiger partial charge in [0.05, 0.1) is 0 Å². The van der Waals surface area contributed by atoms with Crippen LogP contribution in [0.25, 0.3) is 43.8 Å². The van der Waals surface area contributed by atoms with Crippen LogP contribution in [0.15, 0.2) is 152 Å². The Kier molecular flexibility index (Phi) is 5.83. The summed E-state index contributed by atoms with van der Waals surface area (Å²) in [5.74, 6) is 0. The largest absolute Gasteiger partial charge is 0.309 e. The normalized spacial score (nSPS) is 13.6. The lowest BCUT2D eigenvalue weighted by molar-refractivity contribution is 0.592. The molecule has 0 atom stereocenters. The molecule has 206 valence electrons. The molecule has 0 unspecified atom stereocenters. The Morgan fingerprint density at radius 2 is 0.977 bits per heavy atom. The Morgan fingerprint density at radius 1 is 0.465 bits per heavy atom. The summed E-state index contributed by atoms with van der Waals surface area (Å²) in [4.78, 5) is 0. The summed E-state index contributed by atoms with van der Waals surface area (Å²) in [7, 11) is -3.12. The van der Waals surface area contributed by atoms with E-state index in [1.165, 1.54) is 49.4 Å². The van der Waals surface area contributed by atoms with Gasteiger partial charge in [0, 0.05) is 21.3 Å². The molecule has 7 aromatic rings. The Hall–Kier alpha value is -4.71. The van der Waals surface area contributed by atoms with Gasteiger partial charge in [-0.1, -0.05) is 159 Å². The van der Waals surface area contributed by atoms with Gasteiger partial charge in [-0.2, -0.15) is 0 Å². The molecule has 43 heavy (non-hydrogen) atoms. The predicted octanol–water partition coefficient (Wildman–Crippen LogP) is 9.61. The van der Waals surface area contributed by atoms with Crippen molar-refractivity contribution in [3.63, 3.8) is 0 Å². The van der Waals surface area contributed by atoms with Crippen LogP contribution in [-0.4, -0.2) is 0 Å². The summed E-state index contributed by atoms with van der Waals surface area (Å²) in [6, 6.07) is 52.8. The first-order valence-corrected chi connectivity index (χ1v) is 16.6. The quantitative estimate of drug-likeness (QED) is 0.152. The average Bonchev–Trinajstić information content (AvgIpc) is 3.07. The summed E-state index contributed by atoms with van der Waals surface area (Å²) >= 11 is 0. The highest BCUT2D eigenvalue weighted by molar-refractivity contribution is 7.85. The molecule has 0 heterocycles. The Morgan fingerprint density at radius 3 is 1.67 bits per heavy atom. The zero-order chi connectivity index (χ0) is 29.2. The van der Waals surface area contributed by atoms with E-state index in [2.05, 4.69) is 98.8 Å². The summed E-state index contributed by atoms with van der Waals surface area (Å²) in [5, 5.41) is 7.55. The number of rotatable bonds is 4. The van der Waals surface area contributed by atoms with Crippen molar-refractivity contribution < 1.29 is 4.57 Å².